The fourth-order valence-corrected chi connectivity index (χ4v) is 4.80. The maximum atomic E-state index is 13.9. The first-order valence-corrected chi connectivity index (χ1v) is 10.2. The van der Waals surface area contributed by atoms with Crippen LogP contribution in [0.2, 0.25) is 0 Å². The number of hydrogen-bond donors (Lipinski definition) is 1. The van der Waals surface area contributed by atoms with E-state index in [0.717, 1.165) is 37.4 Å². The second kappa shape index (κ2) is 7.73. The number of ether oxygens (including phenoxy) is 1. The highest BCUT2D eigenvalue weighted by atomic mass is 32.1. The molecule has 29 heavy (non-hydrogen) atoms. The van der Waals surface area contributed by atoms with Crippen LogP contribution in [0.25, 0.3) is 20.3 Å². The van der Waals surface area contributed by atoms with Gasteiger partial charge in [-0.15, -0.1) is 22.7 Å². The van der Waals surface area contributed by atoms with Crippen molar-refractivity contribution in [2.75, 3.05) is 6.61 Å². The first kappa shape index (κ1) is 19.2. The van der Waals surface area contributed by atoms with Crippen LogP contribution in [0.15, 0.2) is 35.7 Å². The Labute approximate surface area is 172 Å². The summed E-state index contributed by atoms with van der Waals surface area (Å²) in [6.07, 6.45) is 0. The van der Waals surface area contributed by atoms with Gasteiger partial charge in [-0.2, -0.15) is 5.26 Å². The van der Waals surface area contributed by atoms with Crippen LogP contribution in [0.3, 0.4) is 0 Å². The van der Waals surface area contributed by atoms with E-state index in [1.54, 1.807) is 17.4 Å². The summed E-state index contributed by atoms with van der Waals surface area (Å²) >= 11 is 3.07. The normalized spacial score (nSPS) is 12.1. The molecule has 0 saturated heterocycles. The lowest BCUT2D eigenvalue weighted by molar-refractivity contribution is -0.123. The lowest BCUT2D eigenvalue weighted by Gasteiger charge is -2.14. The van der Waals surface area contributed by atoms with E-state index in [1.807, 2.05) is 24.4 Å². The maximum absolute atomic E-state index is 13.9. The standard InChI is InChI=1S/C20H13F2N3O2S2/c1-10-24-19-17(29-10)7-16(13-4-5-28-20(13)19)27-9-18(26)25-15(8-23)12-3-2-11(21)6-14(12)22/h2-7,15H,9H2,1H3,(H,25,26). The molecule has 0 aliphatic carbocycles. The predicted molar refractivity (Wildman–Crippen MR) is 108 cm³/mol. The molecule has 5 nitrogen and oxygen atoms in total. The molecule has 146 valence electrons. The summed E-state index contributed by atoms with van der Waals surface area (Å²) in [6.45, 7) is 1.57. The first-order chi connectivity index (χ1) is 14.0. The number of amides is 1. The van der Waals surface area contributed by atoms with Crippen molar-refractivity contribution in [2.24, 2.45) is 0 Å². The summed E-state index contributed by atoms with van der Waals surface area (Å²) in [5.41, 5.74) is 0.801. The van der Waals surface area contributed by atoms with Gasteiger partial charge in [-0.05, 0) is 24.4 Å². The van der Waals surface area contributed by atoms with Crippen molar-refractivity contribution in [2.45, 2.75) is 13.0 Å². The van der Waals surface area contributed by atoms with Crippen molar-refractivity contribution in [3.05, 3.63) is 57.9 Å². The van der Waals surface area contributed by atoms with Gasteiger partial charge in [0.1, 0.15) is 23.4 Å². The molecule has 0 bridgehead atoms. The van der Waals surface area contributed by atoms with Crippen molar-refractivity contribution >= 4 is 48.9 Å². The van der Waals surface area contributed by atoms with Crippen LogP contribution in [-0.4, -0.2) is 17.5 Å². The topological polar surface area (TPSA) is 75.0 Å². The molecule has 0 radical (unpaired) electrons. The highest BCUT2D eigenvalue weighted by molar-refractivity contribution is 7.21. The lowest BCUT2D eigenvalue weighted by Crippen LogP contribution is -2.32. The number of hydrogen-bond acceptors (Lipinski definition) is 6. The zero-order valence-corrected chi connectivity index (χ0v) is 16.7. The average molecular weight is 429 g/mol. The molecule has 0 aliphatic rings. The molecule has 2 aromatic heterocycles. The van der Waals surface area contributed by atoms with Gasteiger partial charge < -0.3 is 10.1 Å². The zero-order valence-electron chi connectivity index (χ0n) is 15.0. The molecule has 1 unspecified atom stereocenters. The van der Waals surface area contributed by atoms with Crippen molar-refractivity contribution in [1.29, 1.82) is 5.26 Å². The van der Waals surface area contributed by atoms with Gasteiger partial charge in [0.15, 0.2) is 6.61 Å². The molecule has 9 heteroatoms. The smallest absolute Gasteiger partial charge is 0.259 e. The maximum Gasteiger partial charge on any atom is 0.259 e. The quantitative estimate of drug-likeness (QED) is 0.492. The van der Waals surface area contributed by atoms with Crippen molar-refractivity contribution in [1.82, 2.24) is 10.3 Å². The predicted octanol–water partition coefficient (Wildman–Crippen LogP) is 4.86. The molecule has 1 N–H and O–H groups in total. The number of thiazole rings is 1. The number of carbonyl (C=O) groups excluding carboxylic acids is 1. The number of nitriles is 1. The molecule has 2 heterocycles. The average Bonchev–Trinajstić information content (AvgIpc) is 3.30. The largest absolute Gasteiger partial charge is 0.483 e. The fourth-order valence-electron chi connectivity index (χ4n) is 2.97. The number of carbonyl (C=O) groups is 1. The molecule has 0 spiro atoms. The summed E-state index contributed by atoms with van der Waals surface area (Å²) < 4.78 is 34.6. The van der Waals surface area contributed by atoms with Crippen LogP contribution in [0.4, 0.5) is 8.78 Å². The highest BCUT2D eigenvalue weighted by Gasteiger charge is 2.19. The third-order valence-corrected chi connectivity index (χ3v) is 6.07. The van der Waals surface area contributed by atoms with E-state index in [0.29, 0.717) is 11.8 Å². The minimum absolute atomic E-state index is 0.107. The number of aromatic nitrogens is 1. The number of nitrogens with one attached hydrogen (secondary N) is 1. The van der Waals surface area contributed by atoms with E-state index >= 15 is 0 Å². The summed E-state index contributed by atoms with van der Waals surface area (Å²) in [7, 11) is 0. The van der Waals surface area contributed by atoms with Gasteiger partial charge >= 0.3 is 0 Å². The minimum Gasteiger partial charge on any atom is -0.483 e. The Hall–Kier alpha value is -3.09. The van der Waals surface area contributed by atoms with Crippen LogP contribution < -0.4 is 10.1 Å². The van der Waals surface area contributed by atoms with E-state index in [9.17, 15) is 18.8 Å². The minimum atomic E-state index is -1.25. The van der Waals surface area contributed by atoms with E-state index in [2.05, 4.69) is 10.3 Å². The van der Waals surface area contributed by atoms with Gasteiger partial charge in [0.2, 0.25) is 0 Å². The summed E-state index contributed by atoms with van der Waals surface area (Å²) in [4.78, 5) is 16.8. The number of thiophene rings is 1. The van der Waals surface area contributed by atoms with E-state index in [4.69, 9.17) is 4.74 Å². The number of rotatable bonds is 5. The van der Waals surface area contributed by atoms with Crippen LogP contribution in [0.5, 0.6) is 5.75 Å². The zero-order chi connectivity index (χ0) is 20.5. The second-order valence-electron chi connectivity index (χ2n) is 6.20. The lowest BCUT2D eigenvalue weighted by atomic mass is 10.1. The highest BCUT2D eigenvalue weighted by Crippen LogP contribution is 2.38. The number of benzene rings is 2. The summed E-state index contributed by atoms with van der Waals surface area (Å²) in [6, 6.07) is 7.12. The van der Waals surface area contributed by atoms with E-state index in [1.165, 1.54) is 11.3 Å². The summed E-state index contributed by atoms with van der Waals surface area (Å²) in [5, 5.41) is 15.4. The fraction of sp³-hybridized carbons (Fsp3) is 0.150. The van der Waals surface area contributed by atoms with Gasteiger partial charge in [-0.25, -0.2) is 13.8 Å². The molecular weight excluding hydrogens is 416 g/mol. The van der Waals surface area contributed by atoms with Crippen LogP contribution in [0.1, 0.15) is 16.6 Å². The van der Waals surface area contributed by atoms with Crippen LogP contribution >= 0.6 is 22.7 Å². The van der Waals surface area contributed by atoms with Gasteiger partial charge in [0, 0.05) is 23.1 Å². The van der Waals surface area contributed by atoms with Gasteiger partial charge in [-0.1, -0.05) is 6.07 Å². The number of fused-ring (bicyclic) bond motifs is 3. The SMILES string of the molecule is Cc1nc2c(cc(OCC(=O)NC(C#N)c3ccc(F)cc3F)c3ccsc32)s1. The number of aryl methyl sites for hydroxylation is 1. The van der Waals surface area contributed by atoms with Crippen LogP contribution in [0, 0.1) is 29.9 Å². The molecular formula is C20H13F2N3O2S2. The Balaban J connectivity index is 1.52. The molecule has 4 aromatic rings. The molecule has 2 aromatic carbocycles. The van der Waals surface area contributed by atoms with Gasteiger partial charge in [0.05, 0.1) is 26.0 Å². The molecule has 0 fully saturated rings. The Kier molecular flexibility index (Phi) is 5.13. The Bertz CT molecular complexity index is 1280. The monoisotopic (exact) mass is 429 g/mol. The summed E-state index contributed by atoms with van der Waals surface area (Å²) in [5.74, 6) is -1.71. The van der Waals surface area contributed by atoms with Gasteiger partial charge in [0.25, 0.3) is 5.91 Å². The Morgan fingerprint density at radius 1 is 1.34 bits per heavy atom. The Morgan fingerprint density at radius 3 is 2.93 bits per heavy atom. The number of nitrogens with zero attached hydrogens (tertiary/aromatic N) is 2. The van der Waals surface area contributed by atoms with E-state index in [-0.39, 0.29) is 12.2 Å². The number of halogens is 2. The molecule has 1 atom stereocenters. The van der Waals surface area contributed by atoms with E-state index < -0.39 is 23.6 Å². The third-order valence-electron chi connectivity index (χ3n) is 4.23. The van der Waals surface area contributed by atoms with Crippen LogP contribution in [-0.2, 0) is 4.79 Å². The molecule has 4 rings (SSSR count). The molecule has 1 amide bonds. The van der Waals surface area contributed by atoms with Crippen molar-refractivity contribution < 1.29 is 18.3 Å². The van der Waals surface area contributed by atoms with Gasteiger partial charge in [-0.3, -0.25) is 4.79 Å². The Morgan fingerprint density at radius 2 is 2.17 bits per heavy atom. The molecule has 0 saturated carbocycles. The van der Waals surface area contributed by atoms with Crippen molar-refractivity contribution in [3.63, 3.8) is 0 Å². The third kappa shape index (κ3) is 3.77. The first-order valence-electron chi connectivity index (χ1n) is 8.50. The second-order valence-corrected chi connectivity index (χ2v) is 8.35. The molecule has 0 aliphatic heterocycles. The van der Waals surface area contributed by atoms with Crippen molar-refractivity contribution in [3.8, 4) is 11.8 Å².